The Labute approximate surface area is 148 Å². The van der Waals surface area contributed by atoms with E-state index in [-0.39, 0.29) is 23.8 Å². The van der Waals surface area contributed by atoms with E-state index >= 15 is 0 Å². The van der Waals surface area contributed by atoms with Crippen molar-refractivity contribution in [2.24, 2.45) is 5.92 Å². The lowest BCUT2D eigenvalue weighted by atomic mass is 10.0. The molecule has 0 spiro atoms. The normalized spacial score (nSPS) is 27.9. The second kappa shape index (κ2) is 7.16. The zero-order valence-corrected chi connectivity index (χ0v) is 14.6. The third-order valence-corrected chi connectivity index (χ3v) is 5.82. The van der Waals surface area contributed by atoms with Crippen molar-refractivity contribution in [1.29, 1.82) is 0 Å². The summed E-state index contributed by atoms with van der Waals surface area (Å²) in [6.07, 6.45) is 4.91. The average Bonchev–Trinajstić information content (AvgIpc) is 3.31. The van der Waals surface area contributed by atoms with Gasteiger partial charge < -0.3 is 14.5 Å². The molecule has 2 heterocycles. The van der Waals surface area contributed by atoms with Crippen LogP contribution in [0.4, 0.5) is 0 Å². The molecule has 4 rings (SSSR count). The van der Waals surface area contributed by atoms with Gasteiger partial charge in [-0.3, -0.25) is 9.59 Å². The molecule has 2 aliphatic heterocycles. The first-order valence-corrected chi connectivity index (χ1v) is 9.47. The van der Waals surface area contributed by atoms with Gasteiger partial charge in [-0.2, -0.15) is 0 Å². The summed E-state index contributed by atoms with van der Waals surface area (Å²) in [7, 11) is 0. The van der Waals surface area contributed by atoms with Gasteiger partial charge in [0, 0.05) is 25.6 Å². The van der Waals surface area contributed by atoms with Crippen molar-refractivity contribution in [3.63, 3.8) is 0 Å². The van der Waals surface area contributed by atoms with Crippen LogP contribution in [0.2, 0.25) is 0 Å². The second-order valence-electron chi connectivity index (χ2n) is 7.44. The molecule has 1 saturated carbocycles. The number of ether oxygens (including phenoxy) is 1. The van der Waals surface area contributed by atoms with Crippen LogP contribution in [0.1, 0.15) is 43.8 Å². The molecule has 134 valence electrons. The number of nitrogens with zero attached hydrogens (tertiary/aromatic N) is 2. The summed E-state index contributed by atoms with van der Waals surface area (Å²) in [5.74, 6) is 0.110. The Bertz CT molecular complexity index is 627. The van der Waals surface area contributed by atoms with Gasteiger partial charge in [-0.15, -0.1) is 0 Å². The topological polar surface area (TPSA) is 49.9 Å². The number of hydrogen-bond donors (Lipinski definition) is 0. The number of morpholine rings is 1. The van der Waals surface area contributed by atoms with Crippen LogP contribution in [0, 0.1) is 5.92 Å². The van der Waals surface area contributed by atoms with E-state index < -0.39 is 0 Å². The van der Waals surface area contributed by atoms with E-state index in [4.69, 9.17) is 4.74 Å². The smallest absolute Gasteiger partial charge is 0.228 e. The molecule has 0 unspecified atom stereocenters. The maximum absolute atomic E-state index is 13.0. The minimum Gasteiger partial charge on any atom is -0.370 e. The lowest BCUT2D eigenvalue weighted by molar-refractivity contribution is -0.143. The third kappa shape index (κ3) is 3.43. The summed E-state index contributed by atoms with van der Waals surface area (Å²) in [6, 6.07) is 10.4. The van der Waals surface area contributed by atoms with E-state index in [1.165, 1.54) is 12.8 Å². The van der Waals surface area contributed by atoms with Crippen molar-refractivity contribution >= 4 is 11.8 Å². The van der Waals surface area contributed by atoms with Crippen LogP contribution in [0.3, 0.4) is 0 Å². The van der Waals surface area contributed by atoms with E-state index in [0.29, 0.717) is 38.7 Å². The largest absolute Gasteiger partial charge is 0.370 e. The predicted octanol–water partition coefficient (Wildman–Crippen LogP) is 2.38. The molecule has 0 N–H and O–H groups in total. The predicted molar refractivity (Wildman–Crippen MR) is 93.8 cm³/mol. The second-order valence-corrected chi connectivity index (χ2v) is 7.44. The minimum atomic E-state index is -0.178. The van der Waals surface area contributed by atoms with E-state index in [0.717, 1.165) is 18.4 Å². The Hall–Kier alpha value is -1.88. The Kier molecular flexibility index (Phi) is 4.75. The van der Waals surface area contributed by atoms with Crippen LogP contribution in [-0.4, -0.2) is 53.9 Å². The van der Waals surface area contributed by atoms with Crippen molar-refractivity contribution in [2.75, 3.05) is 26.2 Å². The molecule has 1 aromatic carbocycles. The van der Waals surface area contributed by atoms with Crippen molar-refractivity contribution in [2.45, 2.75) is 44.2 Å². The van der Waals surface area contributed by atoms with Gasteiger partial charge in [0.25, 0.3) is 0 Å². The van der Waals surface area contributed by atoms with Crippen molar-refractivity contribution in [1.82, 2.24) is 9.80 Å². The van der Waals surface area contributed by atoms with Crippen LogP contribution >= 0.6 is 0 Å². The van der Waals surface area contributed by atoms with Gasteiger partial charge in [0.1, 0.15) is 6.10 Å². The van der Waals surface area contributed by atoms with Crippen molar-refractivity contribution < 1.29 is 14.3 Å². The van der Waals surface area contributed by atoms with Crippen molar-refractivity contribution in [3.05, 3.63) is 35.9 Å². The number of benzene rings is 1. The quantitative estimate of drug-likeness (QED) is 0.847. The zero-order valence-electron chi connectivity index (χ0n) is 14.6. The van der Waals surface area contributed by atoms with E-state index in [1.807, 2.05) is 40.1 Å². The van der Waals surface area contributed by atoms with Gasteiger partial charge in [0.15, 0.2) is 0 Å². The Balaban J connectivity index is 1.40. The molecule has 1 aliphatic carbocycles. The van der Waals surface area contributed by atoms with Crippen molar-refractivity contribution in [3.8, 4) is 0 Å². The first kappa shape index (κ1) is 16.6. The highest BCUT2D eigenvalue weighted by Gasteiger charge is 2.41. The number of hydrogen-bond acceptors (Lipinski definition) is 3. The number of rotatable bonds is 3. The summed E-state index contributed by atoms with van der Waals surface area (Å²) >= 11 is 0. The summed E-state index contributed by atoms with van der Waals surface area (Å²) in [5, 5.41) is 0. The van der Waals surface area contributed by atoms with Gasteiger partial charge in [0.2, 0.25) is 11.8 Å². The van der Waals surface area contributed by atoms with Gasteiger partial charge >= 0.3 is 0 Å². The number of carbonyl (C=O) groups is 2. The van der Waals surface area contributed by atoms with Crippen LogP contribution in [0.25, 0.3) is 0 Å². The third-order valence-electron chi connectivity index (χ3n) is 5.82. The lowest BCUT2D eigenvalue weighted by Crippen LogP contribution is -2.45. The molecule has 5 heteroatoms. The highest BCUT2D eigenvalue weighted by molar-refractivity contribution is 5.89. The fraction of sp³-hybridized carbons (Fsp3) is 0.600. The summed E-state index contributed by atoms with van der Waals surface area (Å²) in [6.45, 7) is 2.36. The highest BCUT2D eigenvalue weighted by Crippen LogP contribution is 2.31. The number of likely N-dealkylation sites (tertiary alicyclic amines) is 1. The molecule has 2 atom stereocenters. The van der Waals surface area contributed by atoms with Gasteiger partial charge in [-0.05, 0) is 18.4 Å². The fourth-order valence-corrected chi connectivity index (χ4v) is 4.44. The molecule has 5 nitrogen and oxygen atoms in total. The highest BCUT2D eigenvalue weighted by atomic mass is 16.5. The molecule has 25 heavy (non-hydrogen) atoms. The standard InChI is InChI=1S/C20H26N2O3/c23-19-12-16(13-22(19)17-8-4-5-9-17)20(24)21-10-11-25-18(14-21)15-6-2-1-3-7-15/h1-3,6-7,16-18H,4-5,8-14H2/t16-,18+/m1/s1. The van der Waals surface area contributed by atoms with Crippen LogP contribution < -0.4 is 0 Å². The van der Waals surface area contributed by atoms with Crippen LogP contribution in [0.15, 0.2) is 30.3 Å². The van der Waals surface area contributed by atoms with Gasteiger partial charge in [-0.25, -0.2) is 0 Å². The molecule has 3 aliphatic rings. The maximum atomic E-state index is 13.0. The molecular weight excluding hydrogens is 316 g/mol. The summed E-state index contributed by atoms with van der Waals surface area (Å²) in [5.41, 5.74) is 1.11. The molecule has 1 aromatic rings. The van der Waals surface area contributed by atoms with Crippen LogP contribution in [-0.2, 0) is 14.3 Å². The monoisotopic (exact) mass is 342 g/mol. The fourth-order valence-electron chi connectivity index (χ4n) is 4.44. The SMILES string of the molecule is O=C([C@@H]1CC(=O)N(C2CCCC2)C1)N1CCO[C@H](c2ccccc2)C1. The molecule has 0 radical (unpaired) electrons. The Morgan fingerprint density at radius 3 is 2.60 bits per heavy atom. The molecule has 2 amide bonds. The molecule has 2 saturated heterocycles. The van der Waals surface area contributed by atoms with E-state index in [1.54, 1.807) is 0 Å². The van der Waals surface area contributed by atoms with Gasteiger partial charge in [0.05, 0.1) is 19.1 Å². The summed E-state index contributed by atoms with van der Waals surface area (Å²) in [4.78, 5) is 29.2. The minimum absolute atomic E-state index is 0.0676. The molecule has 3 fully saturated rings. The van der Waals surface area contributed by atoms with E-state index in [9.17, 15) is 9.59 Å². The first-order chi connectivity index (χ1) is 12.2. The number of carbonyl (C=O) groups excluding carboxylic acids is 2. The lowest BCUT2D eigenvalue weighted by Gasteiger charge is -2.34. The summed E-state index contributed by atoms with van der Waals surface area (Å²) < 4.78 is 5.86. The zero-order chi connectivity index (χ0) is 17.2. The molecule has 0 aromatic heterocycles. The molecular formula is C20H26N2O3. The Morgan fingerprint density at radius 1 is 1.08 bits per heavy atom. The average molecular weight is 342 g/mol. The van der Waals surface area contributed by atoms with Crippen LogP contribution in [0.5, 0.6) is 0 Å². The van der Waals surface area contributed by atoms with Gasteiger partial charge in [-0.1, -0.05) is 43.2 Å². The maximum Gasteiger partial charge on any atom is 0.228 e. The first-order valence-electron chi connectivity index (χ1n) is 9.47. The number of amides is 2. The Morgan fingerprint density at radius 2 is 1.84 bits per heavy atom. The van der Waals surface area contributed by atoms with E-state index in [2.05, 4.69) is 0 Å². The molecule has 0 bridgehead atoms.